The predicted octanol–water partition coefficient (Wildman–Crippen LogP) is 0.333. The summed E-state index contributed by atoms with van der Waals surface area (Å²) < 4.78 is 9.87. The Hall–Kier alpha value is -1.66. The fraction of sp³-hybridized carbons (Fsp3) is 0.538. The molecule has 0 aliphatic carbocycles. The lowest BCUT2D eigenvalue weighted by atomic mass is 10.3. The van der Waals surface area contributed by atoms with Gasteiger partial charge in [-0.1, -0.05) is 6.07 Å². The molecule has 0 radical (unpaired) electrons. The molecule has 0 bridgehead atoms. The second-order valence-corrected chi connectivity index (χ2v) is 4.01. The van der Waals surface area contributed by atoms with Crippen LogP contribution in [-0.2, 0) is 16.1 Å². The topological polar surface area (TPSA) is 72.5 Å². The van der Waals surface area contributed by atoms with Crippen molar-refractivity contribution < 1.29 is 14.3 Å². The number of rotatable bonds is 9. The van der Waals surface area contributed by atoms with E-state index in [0.717, 1.165) is 12.0 Å². The van der Waals surface area contributed by atoms with Gasteiger partial charge in [0.25, 0.3) is 0 Å². The number of hydrogen-bond donors (Lipinski definition) is 2. The summed E-state index contributed by atoms with van der Waals surface area (Å²) >= 11 is 0. The molecule has 1 aromatic rings. The number of carbonyl (C=O) groups is 1. The summed E-state index contributed by atoms with van der Waals surface area (Å²) in [6.07, 6.45) is 2.55. The first-order valence-electron chi connectivity index (χ1n) is 6.21. The van der Waals surface area contributed by atoms with Crippen LogP contribution in [0.5, 0.6) is 5.88 Å². The van der Waals surface area contributed by atoms with E-state index in [9.17, 15) is 4.79 Å². The van der Waals surface area contributed by atoms with Crippen molar-refractivity contribution in [3.05, 3.63) is 23.9 Å². The summed E-state index contributed by atoms with van der Waals surface area (Å²) in [5.74, 6) is 0.567. The highest BCUT2D eigenvalue weighted by molar-refractivity contribution is 5.77. The number of amides is 1. The Morgan fingerprint density at radius 3 is 2.84 bits per heavy atom. The number of ether oxygens (including phenoxy) is 2. The van der Waals surface area contributed by atoms with Gasteiger partial charge in [-0.05, 0) is 12.0 Å². The van der Waals surface area contributed by atoms with Crippen LogP contribution in [-0.4, -0.2) is 44.8 Å². The molecule has 106 valence electrons. The molecule has 0 spiro atoms. The van der Waals surface area contributed by atoms with Crippen LogP contribution in [0.2, 0.25) is 0 Å². The maximum absolute atomic E-state index is 11.4. The van der Waals surface area contributed by atoms with Crippen molar-refractivity contribution in [2.45, 2.75) is 13.0 Å². The quantitative estimate of drug-likeness (QED) is 0.631. The Bertz CT molecular complexity index is 368. The van der Waals surface area contributed by atoms with Gasteiger partial charge >= 0.3 is 0 Å². The highest BCUT2D eigenvalue weighted by Crippen LogP contribution is 2.05. The zero-order valence-corrected chi connectivity index (χ0v) is 11.4. The molecule has 0 aliphatic rings. The minimum atomic E-state index is -0.0161. The van der Waals surface area contributed by atoms with Gasteiger partial charge in [-0.2, -0.15) is 0 Å². The van der Waals surface area contributed by atoms with E-state index in [1.165, 1.54) is 0 Å². The first kappa shape index (κ1) is 15.4. The number of nitrogens with one attached hydrogen (secondary N) is 2. The standard InChI is InChI=1S/C13H21N3O3/c1-18-7-3-6-15-12(17)10-14-8-11-4-5-13(19-2)16-9-11/h4-5,9,14H,3,6-8,10H2,1-2H3,(H,15,17). The van der Waals surface area contributed by atoms with E-state index >= 15 is 0 Å². The summed E-state index contributed by atoms with van der Waals surface area (Å²) in [5, 5.41) is 5.86. The number of pyridine rings is 1. The van der Waals surface area contributed by atoms with Gasteiger partial charge in [0.2, 0.25) is 11.8 Å². The van der Waals surface area contributed by atoms with Crippen LogP contribution < -0.4 is 15.4 Å². The van der Waals surface area contributed by atoms with E-state index in [0.29, 0.717) is 32.1 Å². The average Bonchev–Trinajstić information content (AvgIpc) is 2.44. The van der Waals surface area contributed by atoms with E-state index in [1.807, 2.05) is 6.07 Å². The SMILES string of the molecule is COCCCNC(=O)CNCc1ccc(OC)nc1. The van der Waals surface area contributed by atoms with Crippen LogP contribution in [0.1, 0.15) is 12.0 Å². The van der Waals surface area contributed by atoms with Crippen molar-refractivity contribution in [3.8, 4) is 5.88 Å². The predicted molar refractivity (Wildman–Crippen MR) is 72.0 cm³/mol. The van der Waals surface area contributed by atoms with Gasteiger partial charge in [0.15, 0.2) is 0 Å². The van der Waals surface area contributed by atoms with Gasteiger partial charge in [-0.15, -0.1) is 0 Å². The van der Waals surface area contributed by atoms with Crippen molar-refractivity contribution in [2.24, 2.45) is 0 Å². The Morgan fingerprint density at radius 1 is 1.37 bits per heavy atom. The van der Waals surface area contributed by atoms with Crippen LogP contribution >= 0.6 is 0 Å². The summed E-state index contributed by atoms with van der Waals surface area (Å²) in [6.45, 7) is 2.19. The molecule has 6 nitrogen and oxygen atoms in total. The molecule has 1 rings (SSSR count). The lowest BCUT2D eigenvalue weighted by Crippen LogP contribution is -2.34. The van der Waals surface area contributed by atoms with Crippen molar-refractivity contribution in [2.75, 3.05) is 33.9 Å². The third-order valence-electron chi connectivity index (χ3n) is 2.47. The van der Waals surface area contributed by atoms with Crippen LogP contribution in [0.4, 0.5) is 0 Å². The molecule has 0 saturated carbocycles. The summed E-state index contributed by atoms with van der Waals surface area (Å²) in [4.78, 5) is 15.5. The number of carbonyl (C=O) groups excluding carboxylic acids is 1. The molecular weight excluding hydrogens is 246 g/mol. The molecule has 2 N–H and O–H groups in total. The Kier molecular flexibility index (Phi) is 7.53. The molecular formula is C13H21N3O3. The molecule has 1 aromatic heterocycles. The number of nitrogens with zero attached hydrogens (tertiary/aromatic N) is 1. The van der Waals surface area contributed by atoms with Gasteiger partial charge < -0.3 is 20.1 Å². The van der Waals surface area contributed by atoms with Gasteiger partial charge in [0.1, 0.15) is 0 Å². The molecule has 0 fully saturated rings. The highest BCUT2D eigenvalue weighted by atomic mass is 16.5. The number of methoxy groups -OCH3 is 2. The molecule has 1 amide bonds. The normalized spacial score (nSPS) is 10.2. The maximum atomic E-state index is 11.4. The van der Waals surface area contributed by atoms with Gasteiger partial charge in [0.05, 0.1) is 13.7 Å². The van der Waals surface area contributed by atoms with Crippen LogP contribution in [0, 0.1) is 0 Å². The fourth-order valence-electron chi connectivity index (χ4n) is 1.46. The lowest BCUT2D eigenvalue weighted by Gasteiger charge is -2.07. The maximum Gasteiger partial charge on any atom is 0.233 e. The molecule has 0 atom stereocenters. The molecule has 19 heavy (non-hydrogen) atoms. The summed E-state index contributed by atoms with van der Waals surface area (Å²) in [5.41, 5.74) is 1.01. The van der Waals surface area contributed by atoms with E-state index in [4.69, 9.17) is 9.47 Å². The first-order chi connectivity index (χ1) is 9.26. The van der Waals surface area contributed by atoms with E-state index in [1.54, 1.807) is 26.5 Å². The fourth-order valence-corrected chi connectivity index (χ4v) is 1.46. The van der Waals surface area contributed by atoms with E-state index in [-0.39, 0.29) is 5.91 Å². The van der Waals surface area contributed by atoms with Crippen molar-refractivity contribution in [1.82, 2.24) is 15.6 Å². The minimum Gasteiger partial charge on any atom is -0.481 e. The molecule has 0 aliphatic heterocycles. The summed E-state index contributed by atoms with van der Waals surface area (Å²) in [6, 6.07) is 3.71. The summed E-state index contributed by atoms with van der Waals surface area (Å²) in [7, 11) is 3.22. The molecule has 0 unspecified atom stereocenters. The first-order valence-corrected chi connectivity index (χ1v) is 6.21. The van der Waals surface area contributed by atoms with E-state index in [2.05, 4.69) is 15.6 Å². The zero-order chi connectivity index (χ0) is 13.9. The second-order valence-electron chi connectivity index (χ2n) is 4.01. The van der Waals surface area contributed by atoms with Crippen molar-refractivity contribution in [1.29, 1.82) is 0 Å². The second kappa shape index (κ2) is 9.29. The monoisotopic (exact) mass is 267 g/mol. The van der Waals surface area contributed by atoms with E-state index < -0.39 is 0 Å². The minimum absolute atomic E-state index is 0.0161. The molecule has 0 saturated heterocycles. The Labute approximate surface area is 113 Å². The molecule has 1 heterocycles. The van der Waals surface area contributed by atoms with Gasteiger partial charge in [0, 0.05) is 39.1 Å². The lowest BCUT2D eigenvalue weighted by molar-refractivity contribution is -0.120. The van der Waals surface area contributed by atoms with Crippen molar-refractivity contribution >= 4 is 5.91 Å². The van der Waals surface area contributed by atoms with Crippen LogP contribution in [0.3, 0.4) is 0 Å². The molecule has 6 heteroatoms. The van der Waals surface area contributed by atoms with Gasteiger partial charge in [-0.3, -0.25) is 4.79 Å². The Balaban J connectivity index is 2.13. The van der Waals surface area contributed by atoms with Crippen molar-refractivity contribution in [3.63, 3.8) is 0 Å². The number of hydrogen-bond acceptors (Lipinski definition) is 5. The van der Waals surface area contributed by atoms with Gasteiger partial charge in [-0.25, -0.2) is 4.98 Å². The third-order valence-corrected chi connectivity index (χ3v) is 2.47. The van der Waals surface area contributed by atoms with Crippen LogP contribution in [0.15, 0.2) is 18.3 Å². The average molecular weight is 267 g/mol. The Morgan fingerprint density at radius 2 is 2.21 bits per heavy atom. The largest absolute Gasteiger partial charge is 0.481 e. The van der Waals surface area contributed by atoms with Crippen LogP contribution in [0.25, 0.3) is 0 Å². The smallest absolute Gasteiger partial charge is 0.233 e. The zero-order valence-electron chi connectivity index (χ0n) is 11.4. The third kappa shape index (κ3) is 6.73. The number of aromatic nitrogens is 1. The molecule has 0 aromatic carbocycles. The highest BCUT2D eigenvalue weighted by Gasteiger charge is 2.00.